The van der Waals surface area contributed by atoms with Gasteiger partial charge in [0.1, 0.15) is 30.3 Å². The van der Waals surface area contributed by atoms with Crippen molar-refractivity contribution < 1.29 is 33.6 Å². The number of hydrogen-bond donors (Lipinski definition) is 4. The lowest BCUT2D eigenvalue weighted by Gasteiger charge is -2.31. The summed E-state index contributed by atoms with van der Waals surface area (Å²) in [5, 5.41) is 20.3. The molecular weight excluding hydrogens is 395 g/mol. The average Bonchev–Trinajstić information content (AvgIpc) is 3.05. The predicted octanol–water partition coefficient (Wildman–Crippen LogP) is -0.118. The van der Waals surface area contributed by atoms with Gasteiger partial charge in [-0.15, -0.1) is 0 Å². The molecule has 1 aliphatic rings. The van der Waals surface area contributed by atoms with Crippen molar-refractivity contribution in [3.8, 4) is 0 Å². The summed E-state index contributed by atoms with van der Waals surface area (Å²) in [6, 6.07) is -1.32. The lowest BCUT2D eigenvalue weighted by atomic mass is 10.2. The van der Waals surface area contributed by atoms with Gasteiger partial charge in [0, 0.05) is 6.42 Å². The fraction of sp³-hybridized carbons (Fsp3) is 0.500. The van der Waals surface area contributed by atoms with Gasteiger partial charge in [0.05, 0.1) is 19.5 Å². The van der Waals surface area contributed by atoms with Gasteiger partial charge in [0.25, 0.3) is 7.52 Å². The highest BCUT2D eigenvalue weighted by atomic mass is 31.2. The molecule has 1 fully saturated rings. The van der Waals surface area contributed by atoms with Gasteiger partial charge >= 0.3 is 11.9 Å². The molecule has 2 aromatic rings. The van der Waals surface area contributed by atoms with Crippen LogP contribution in [0.25, 0.3) is 11.2 Å². The van der Waals surface area contributed by atoms with Gasteiger partial charge in [-0.05, 0) is 6.42 Å². The Kier molecular flexibility index (Phi) is 5.89. The lowest BCUT2D eigenvalue weighted by Crippen LogP contribution is -2.40. The molecule has 3 heterocycles. The van der Waals surface area contributed by atoms with E-state index in [4.69, 9.17) is 20.1 Å². The first-order valence-electron chi connectivity index (χ1n) is 8.26. The minimum atomic E-state index is -3.58. The number of hydrogen-bond acceptors (Lipinski definition) is 9. The molecule has 0 amide bonds. The molecule has 2 aromatic heterocycles. The maximum atomic E-state index is 12.7. The van der Waals surface area contributed by atoms with Gasteiger partial charge in [-0.3, -0.25) is 14.2 Å². The molecular formula is C14H19N6O7P. The Morgan fingerprint density at radius 1 is 1.39 bits per heavy atom. The normalized spacial score (nSPS) is 23.5. The SMILES string of the molecule is Nc1ncnc2c1ncn2C[C@H]1COP(=O)(N[C@@H](CCC(=O)O)C(=O)O)CO1. The summed E-state index contributed by atoms with van der Waals surface area (Å²) in [6.45, 7) is 0.240. The van der Waals surface area contributed by atoms with Crippen LogP contribution in [-0.2, 0) is 30.0 Å². The maximum absolute atomic E-state index is 12.7. The molecule has 0 saturated carbocycles. The quantitative estimate of drug-likeness (QED) is 0.419. The summed E-state index contributed by atoms with van der Waals surface area (Å²) in [4.78, 5) is 34.0. The van der Waals surface area contributed by atoms with Gasteiger partial charge in [0.2, 0.25) is 0 Å². The van der Waals surface area contributed by atoms with Crippen molar-refractivity contribution in [1.82, 2.24) is 24.6 Å². The number of aliphatic carboxylic acids is 2. The van der Waals surface area contributed by atoms with E-state index in [0.29, 0.717) is 17.7 Å². The smallest absolute Gasteiger partial charge is 0.321 e. The molecule has 0 spiro atoms. The first kappa shape index (κ1) is 20.1. The van der Waals surface area contributed by atoms with Crippen molar-refractivity contribution in [2.75, 3.05) is 18.7 Å². The third-order valence-corrected chi connectivity index (χ3v) is 5.84. The van der Waals surface area contributed by atoms with Gasteiger partial charge in [0.15, 0.2) is 11.5 Å². The number of imidazole rings is 1. The molecule has 0 aliphatic carbocycles. The van der Waals surface area contributed by atoms with E-state index in [2.05, 4.69) is 20.0 Å². The highest BCUT2D eigenvalue weighted by Crippen LogP contribution is 2.46. The Bertz CT molecular complexity index is 922. The molecule has 13 nitrogen and oxygen atoms in total. The standard InChI is InChI=1S/C14H19N6O7P/c15-12-11-13(17-5-16-12)20(6-18-11)3-8-4-27-28(25,7-26-8)19-9(14(23)24)1-2-10(21)22/h5-6,8-9H,1-4,7H2,(H,19,25)(H,21,22)(H,23,24)(H2,15,16,17)/t8-,9-,28?/m0/s1. The molecule has 28 heavy (non-hydrogen) atoms. The number of anilines is 1. The second-order valence-electron chi connectivity index (χ2n) is 6.17. The molecule has 0 aromatic carbocycles. The van der Waals surface area contributed by atoms with Crippen LogP contribution >= 0.6 is 7.52 Å². The highest BCUT2D eigenvalue weighted by Gasteiger charge is 2.36. The molecule has 3 rings (SSSR count). The monoisotopic (exact) mass is 414 g/mol. The average molecular weight is 414 g/mol. The fourth-order valence-corrected chi connectivity index (χ4v) is 4.42. The molecule has 0 bridgehead atoms. The Morgan fingerprint density at radius 3 is 2.82 bits per heavy atom. The molecule has 1 unspecified atom stereocenters. The Labute approximate surface area is 158 Å². The van der Waals surface area contributed by atoms with E-state index >= 15 is 0 Å². The molecule has 14 heteroatoms. The molecule has 1 saturated heterocycles. The zero-order chi connectivity index (χ0) is 20.3. The third-order valence-electron chi connectivity index (χ3n) is 4.08. The first-order chi connectivity index (χ1) is 13.3. The van der Waals surface area contributed by atoms with Gasteiger partial charge < -0.3 is 29.8 Å². The van der Waals surface area contributed by atoms with Crippen LogP contribution in [0.2, 0.25) is 0 Å². The summed E-state index contributed by atoms with van der Waals surface area (Å²) in [5.41, 5.74) is 6.71. The number of carboxylic acid groups (broad SMARTS) is 2. The number of nitrogens with one attached hydrogen (secondary N) is 1. The number of nitrogen functional groups attached to an aromatic ring is 1. The Balaban J connectivity index is 1.59. The van der Waals surface area contributed by atoms with E-state index in [-0.39, 0.29) is 31.6 Å². The van der Waals surface area contributed by atoms with Crippen LogP contribution in [0.4, 0.5) is 5.82 Å². The number of aromatic nitrogens is 4. The van der Waals surface area contributed by atoms with Crippen LogP contribution in [0.3, 0.4) is 0 Å². The topological polar surface area (TPSA) is 192 Å². The number of fused-ring (bicyclic) bond motifs is 1. The van der Waals surface area contributed by atoms with Crippen molar-refractivity contribution in [3.05, 3.63) is 12.7 Å². The lowest BCUT2D eigenvalue weighted by molar-refractivity contribution is -0.140. The number of rotatable bonds is 8. The van der Waals surface area contributed by atoms with Gasteiger partial charge in [-0.1, -0.05) is 0 Å². The third kappa shape index (κ3) is 4.62. The van der Waals surface area contributed by atoms with Crippen LogP contribution in [-0.4, -0.2) is 66.8 Å². The maximum Gasteiger partial charge on any atom is 0.321 e. The zero-order valence-corrected chi connectivity index (χ0v) is 15.5. The minimum absolute atomic E-state index is 0.0597. The molecule has 152 valence electrons. The Morgan fingerprint density at radius 2 is 2.18 bits per heavy atom. The van der Waals surface area contributed by atoms with Crippen LogP contribution in [0, 0.1) is 0 Å². The van der Waals surface area contributed by atoms with Gasteiger partial charge in [-0.25, -0.2) is 20.0 Å². The van der Waals surface area contributed by atoms with E-state index in [1.807, 2.05) is 0 Å². The number of nitrogens with two attached hydrogens (primary N) is 1. The van der Waals surface area contributed by atoms with Crippen LogP contribution in [0.1, 0.15) is 12.8 Å². The second kappa shape index (κ2) is 8.19. The van der Waals surface area contributed by atoms with E-state index < -0.39 is 31.6 Å². The van der Waals surface area contributed by atoms with E-state index in [1.54, 1.807) is 4.57 Å². The molecule has 5 N–H and O–H groups in total. The van der Waals surface area contributed by atoms with Crippen molar-refractivity contribution in [2.24, 2.45) is 0 Å². The number of nitrogens with zero attached hydrogens (tertiary/aromatic N) is 4. The van der Waals surface area contributed by atoms with Crippen LogP contribution in [0.15, 0.2) is 12.7 Å². The summed E-state index contributed by atoms with van der Waals surface area (Å²) in [6.07, 6.45) is 1.40. The van der Waals surface area contributed by atoms with E-state index in [0.717, 1.165) is 0 Å². The summed E-state index contributed by atoms with van der Waals surface area (Å²) >= 11 is 0. The highest BCUT2D eigenvalue weighted by molar-refractivity contribution is 7.56. The minimum Gasteiger partial charge on any atom is -0.481 e. The summed E-state index contributed by atoms with van der Waals surface area (Å²) in [7, 11) is -3.58. The Hall–Kier alpha value is -2.60. The fourth-order valence-electron chi connectivity index (χ4n) is 2.67. The van der Waals surface area contributed by atoms with Crippen LogP contribution in [0.5, 0.6) is 0 Å². The van der Waals surface area contributed by atoms with Crippen molar-refractivity contribution >= 4 is 36.4 Å². The summed E-state index contributed by atoms with van der Waals surface area (Å²) < 4.78 is 25.3. The zero-order valence-electron chi connectivity index (χ0n) is 14.6. The van der Waals surface area contributed by atoms with Crippen molar-refractivity contribution in [1.29, 1.82) is 0 Å². The van der Waals surface area contributed by atoms with E-state index in [9.17, 15) is 19.3 Å². The predicted molar refractivity (Wildman–Crippen MR) is 94.5 cm³/mol. The van der Waals surface area contributed by atoms with Crippen LogP contribution < -0.4 is 10.8 Å². The summed E-state index contributed by atoms with van der Waals surface area (Å²) in [5.74, 6) is -2.21. The van der Waals surface area contributed by atoms with Crippen molar-refractivity contribution in [2.45, 2.75) is 31.5 Å². The number of ether oxygens (including phenoxy) is 1. The van der Waals surface area contributed by atoms with Gasteiger partial charge in [-0.2, -0.15) is 0 Å². The number of carboxylic acids is 2. The number of carbonyl (C=O) groups is 2. The molecule has 3 atom stereocenters. The molecule has 0 radical (unpaired) electrons. The largest absolute Gasteiger partial charge is 0.481 e. The first-order valence-corrected chi connectivity index (χ1v) is 10.1. The van der Waals surface area contributed by atoms with E-state index in [1.165, 1.54) is 12.7 Å². The molecule has 1 aliphatic heterocycles. The second-order valence-corrected chi connectivity index (χ2v) is 8.29. The van der Waals surface area contributed by atoms with Crippen molar-refractivity contribution in [3.63, 3.8) is 0 Å².